The van der Waals surface area contributed by atoms with Crippen LogP contribution < -0.4 is 4.74 Å². The fourth-order valence-electron chi connectivity index (χ4n) is 4.84. The molecule has 0 aliphatic rings. The van der Waals surface area contributed by atoms with Crippen LogP contribution in [0.5, 0.6) is 5.75 Å². The number of pyridine rings is 1. The number of aromatic nitrogens is 3. The molecule has 2 aromatic heterocycles. The van der Waals surface area contributed by atoms with Crippen molar-refractivity contribution in [3.05, 3.63) is 131 Å². The summed E-state index contributed by atoms with van der Waals surface area (Å²) in [5, 5.41) is 4.67. The molecular formula is C35H28F3N3O. The van der Waals surface area contributed by atoms with E-state index < -0.39 is 11.7 Å². The Balaban J connectivity index is 1.47. The van der Waals surface area contributed by atoms with E-state index in [-0.39, 0.29) is 22.4 Å². The molecule has 4 nitrogen and oxygen atoms in total. The first kappa shape index (κ1) is 27.3. The second kappa shape index (κ2) is 10.8. The monoisotopic (exact) mass is 563 g/mol. The third-order valence-electron chi connectivity index (χ3n) is 7.22. The predicted molar refractivity (Wildman–Crippen MR) is 160 cm³/mol. The number of hydrogen-bond donors (Lipinski definition) is 0. The van der Waals surface area contributed by atoms with Gasteiger partial charge in [-0.1, -0.05) is 77.4 Å². The summed E-state index contributed by atoms with van der Waals surface area (Å²) in [4.78, 5) is 4.77. The smallest absolute Gasteiger partial charge is 0.417 e. The van der Waals surface area contributed by atoms with Gasteiger partial charge in [0.05, 0.1) is 22.3 Å². The molecule has 4 aromatic carbocycles. The van der Waals surface area contributed by atoms with Crippen LogP contribution in [-0.4, -0.2) is 14.8 Å². The normalized spacial score (nSPS) is 11.7. The lowest BCUT2D eigenvalue weighted by Gasteiger charge is -2.13. The summed E-state index contributed by atoms with van der Waals surface area (Å²) < 4.78 is 51.5. The molecule has 0 fully saturated rings. The summed E-state index contributed by atoms with van der Waals surface area (Å²) >= 11 is 0. The van der Waals surface area contributed by atoms with Gasteiger partial charge in [-0.25, -0.2) is 9.67 Å². The zero-order valence-electron chi connectivity index (χ0n) is 23.4. The van der Waals surface area contributed by atoms with Gasteiger partial charge in [0, 0.05) is 11.1 Å². The highest BCUT2D eigenvalue weighted by atomic mass is 19.4. The fourth-order valence-corrected chi connectivity index (χ4v) is 4.84. The predicted octanol–water partition coefficient (Wildman–Crippen LogP) is 9.28. The first-order valence-corrected chi connectivity index (χ1v) is 13.6. The number of benzene rings is 4. The molecule has 0 amide bonds. The first-order valence-electron chi connectivity index (χ1n) is 13.6. The maximum atomic E-state index is 14.7. The van der Waals surface area contributed by atoms with E-state index in [1.54, 1.807) is 36.4 Å². The van der Waals surface area contributed by atoms with Crippen LogP contribution in [0.4, 0.5) is 13.2 Å². The molecule has 42 heavy (non-hydrogen) atoms. The van der Waals surface area contributed by atoms with Gasteiger partial charge in [0.25, 0.3) is 0 Å². The van der Waals surface area contributed by atoms with Gasteiger partial charge in [-0.2, -0.15) is 18.3 Å². The van der Waals surface area contributed by atoms with Crippen molar-refractivity contribution >= 4 is 11.0 Å². The number of nitrogens with zero attached hydrogens (tertiary/aromatic N) is 3. The first-order chi connectivity index (χ1) is 20.2. The molecule has 0 spiro atoms. The van der Waals surface area contributed by atoms with Gasteiger partial charge >= 0.3 is 6.18 Å². The van der Waals surface area contributed by atoms with Crippen molar-refractivity contribution in [2.45, 2.75) is 33.6 Å². The Morgan fingerprint density at radius 1 is 0.690 bits per heavy atom. The molecule has 0 saturated heterocycles. The summed E-state index contributed by atoms with van der Waals surface area (Å²) in [6, 6.07) is 30.9. The maximum absolute atomic E-state index is 14.7. The molecule has 7 heteroatoms. The zero-order valence-corrected chi connectivity index (χ0v) is 23.4. The number of ether oxygens (including phenoxy) is 1. The Kier molecular flexibility index (Phi) is 7.02. The largest absolute Gasteiger partial charge is 0.489 e. The van der Waals surface area contributed by atoms with E-state index in [4.69, 9.17) is 14.8 Å². The number of aryl methyl sites for hydroxylation is 3. The van der Waals surface area contributed by atoms with Gasteiger partial charge in [-0.05, 0) is 68.8 Å². The summed E-state index contributed by atoms with van der Waals surface area (Å²) in [6.45, 7) is 6.30. The highest BCUT2D eigenvalue weighted by Gasteiger charge is 2.36. The average molecular weight is 564 g/mol. The van der Waals surface area contributed by atoms with E-state index >= 15 is 0 Å². The van der Waals surface area contributed by atoms with Crippen LogP contribution in [0.3, 0.4) is 0 Å². The van der Waals surface area contributed by atoms with Gasteiger partial charge < -0.3 is 4.74 Å². The van der Waals surface area contributed by atoms with E-state index in [0.717, 1.165) is 22.8 Å². The summed E-state index contributed by atoms with van der Waals surface area (Å²) in [6.07, 6.45) is -4.63. The van der Waals surface area contributed by atoms with Crippen LogP contribution in [0.1, 0.15) is 27.8 Å². The number of halogens is 3. The van der Waals surface area contributed by atoms with E-state index in [2.05, 4.69) is 0 Å². The third kappa shape index (κ3) is 5.50. The maximum Gasteiger partial charge on any atom is 0.417 e. The van der Waals surface area contributed by atoms with Gasteiger partial charge in [0.15, 0.2) is 5.65 Å². The molecule has 0 unspecified atom stereocenters. The van der Waals surface area contributed by atoms with E-state index in [9.17, 15) is 13.2 Å². The Hall–Kier alpha value is -4.91. The lowest BCUT2D eigenvalue weighted by molar-refractivity contribution is -0.136. The molecule has 6 aromatic rings. The van der Waals surface area contributed by atoms with Crippen molar-refractivity contribution in [3.8, 4) is 34.0 Å². The van der Waals surface area contributed by atoms with Crippen LogP contribution >= 0.6 is 0 Å². The number of alkyl halides is 3. The number of rotatable bonds is 6. The molecule has 0 aliphatic carbocycles. The molecule has 0 radical (unpaired) electrons. The van der Waals surface area contributed by atoms with E-state index in [1.165, 1.54) is 10.2 Å². The fraction of sp³-hybridized carbons (Fsp3) is 0.143. The van der Waals surface area contributed by atoms with Crippen LogP contribution in [0, 0.1) is 20.8 Å². The Bertz CT molecular complexity index is 1850. The van der Waals surface area contributed by atoms with E-state index in [0.29, 0.717) is 29.2 Å². The van der Waals surface area contributed by atoms with Crippen molar-refractivity contribution in [3.63, 3.8) is 0 Å². The molecule has 0 bridgehead atoms. The molecule has 0 aliphatic heterocycles. The van der Waals surface area contributed by atoms with Crippen molar-refractivity contribution in [2.24, 2.45) is 0 Å². The summed E-state index contributed by atoms with van der Waals surface area (Å²) in [7, 11) is 0. The minimum absolute atomic E-state index is 0.0336. The van der Waals surface area contributed by atoms with Crippen LogP contribution in [-0.2, 0) is 12.8 Å². The van der Waals surface area contributed by atoms with Crippen LogP contribution in [0.15, 0.2) is 103 Å². The third-order valence-corrected chi connectivity index (χ3v) is 7.22. The number of hydrogen-bond acceptors (Lipinski definition) is 3. The second-order valence-electron chi connectivity index (χ2n) is 10.5. The van der Waals surface area contributed by atoms with Gasteiger partial charge in [0.2, 0.25) is 0 Å². The Morgan fingerprint density at radius 2 is 1.24 bits per heavy atom. The SMILES string of the molecule is Cc1ccc(COc2ccc(-c3cc(C(F)(F)F)c4c(-c5ccc(C)cc5)nn(-c5ccc(C)cc5)c4n3)cc2)cc1. The van der Waals surface area contributed by atoms with Crippen molar-refractivity contribution in [2.75, 3.05) is 0 Å². The molecule has 210 valence electrons. The molecule has 0 N–H and O–H groups in total. The second-order valence-corrected chi connectivity index (χ2v) is 10.5. The topological polar surface area (TPSA) is 39.9 Å². The van der Waals surface area contributed by atoms with Crippen molar-refractivity contribution in [1.29, 1.82) is 0 Å². The van der Waals surface area contributed by atoms with Crippen molar-refractivity contribution in [1.82, 2.24) is 14.8 Å². The number of fused-ring (bicyclic) bond motifs is 1. The molecule has 0 atom stereocenters. The lowest BCUT2D eigenvalue weighted by atomic mass is 10.0. The van der Waals surface area contributed by atoms with Gasteiger partial charge in [-0.15, -0.1) is 0 Å². The summed E-state index contributed by atoms with van der Waals surface area (Å²) in [5.41, 5.74) is 5.77. The minimum atomic E-state index is -4.63. The lowest BCUT2D eigenvalue weighted by Crippen LogP contribution is -2.08. The Morgan fingerprint density at radius 3 is 1.83 bits per heavy atom. The standard InChI is InChI=1S/C35H28F3N3O/c1-22-4-10-25(11-5-22)21-42-29-18-14-26(15-19-29)31-20-30(35(36,37)38)32-33(27-12-6-23(2)7-13-27)40-41(34(32)39-31)28-16-8-24(3)9-17-28/h4-20H,21H2,1-3H3. The average Bonchev–Trinajstić information content (AvgIpc) is 3.36. The van der Waals surface area contributed by atoms with Gasteiger partial charge in [0.1, 0.15) is 18.1 Å². The zero-order chi connectivity index (χ0) is 29.4. The van der Waals surface area contributed by atoms with Crippen molar-refractivity contribution < 1.29 is 17.9 Å². The quantitative estimate of drug-likeness (QED) is 0.203. The van der Waals surface area contributed by atoms with E-state index in [1.807, 2.05) is 81.4 Å². The highest BCUT2D eigenvalue weighted by molar-refractivity contribution is 5.96. The summed E-state index contributed by atoms with van der Waals surface area (Å²) in [5.74, 6) is 0.614. The van der Waals surface area contributed by atoms with Gasteiger partial charge in [-0.3, -0.25) is 0 Å². The van der Waals surface area contributed by atoms with Crippen LogP contribution in [0.2, 0.25) is 0 Å². The van der Waals surface area contributed by atoms with Crippen LogP contribution in [0.25, 0.3) is 39.2 Å². The molecule has 2 heterocycles. The molecule has 6 rings (SSSR count). The molecular weight excluding hydrogens is 535 g/mol. The highest BCUT2D eigenvalue weighted by Crippen LogP contribution is 2.41. The molecule has 0 saturated carbocycles. The Labute approximate surface area is 242 Å². The minimum Gasteiger partial charge on any atom is -0.489 e.